The fraction of sp³-hybridized carbons (Fsp3) is 0.650. The van der Waals surface area contributed by atoms with E-state index in [-0.39, 0.29) is 26.7 Å². The Hall–Kier alpha value is -0.610. The highest BCUT2D eigenvalue weighted by atomic mass is 32.2. The number of benzene rings is 1. The summed E-state index contributed by atoms with van der Waals surface area (Å²) < 4.78 is -0.0000762. The molecule has 3 rings (SSSR count). The van der Waals surface area contributed by atoms with Gasteiger partial charge in [-0.05, 0) is 47.5 Å². The van der Waals surface area contributed by atoms with E-state index < -0.39 is 0 Å². The largest absolute Gasteiger partial charge is 0.325 e. The molecule has 0 aromatic heterocycles. The van der Waals surface area contributed by atoms with Crippen LogP contribution in [0, 0.1) is 11.3 Å². The van der Waals surface area contributed by atoms with Gasteiger partial charge in [0.05, 0.1) is 10.00 Å². The molecule has 132 valence electrons. The summed E-state index contributed by atoms with van der Waals surface area (Å²) in [6, 6.07) is 6.39. The van der Waals surface area contributed by atoms with E-state index in [1.807, 2.05) is 23.5 Å². The summed E-state index contributed by atoms with van der Waals surface area (Å²) in [5.74, 6) is 0.717. The molecule has 0 unspecified atom stereocenters. The molecular formula is C20H29NOS2. The third-order valence-corrected chi connectivity index (χ3v) is 9.92. The Labute approximate surface area is 154 Å². The molecule has 0 aliphatic heterocycles. The number of hydrogen-bond acceptors (Lipinski definition) is 3. The first-order valence-electron chi connectivity index (χ1n) is 8.67. The molecule has 2 atom stereocenters. The van der Waals surface area contributed by atoms with Crippen molar-refractivity contribution in [2.24, 2.45) is 11.3 Å². The minimum absolute atomic E-state index is 0.0000762. The van der Waals surface area contributed by atoms with Gasteiger partial charge in [0.25, 0.3) is 0 Å². The molecule has 1 N–H and O–H groups in total. The van der Waals surface area contributed by atoms with Gasteiger partial charge < -0.3 is 5.32 Å². The van der Waals surface area contributed by atoms with Gasteiger partial charge in [0.15, 0.2) is 0 Å². The lowest BCUT2D eigenvalue weighted by molar-refractivity contribution is -0.118. The van der Waals surface area contributed by atoms with Crippen LogP contribution in [-0.2, 0) is 10.2 Å². The van der Waals surface area contributed by atoms with Crippen LogP contribution in [0.4, 0.5) is 5.69 Å². The molecule has 2 aliphatic rings. The number of anilines is 1. The summed E-state index contributed by atoms with van der Waals surface area (Å²) in [7, 11) is 0. The SMILES string of the molecule is CSC1(SC)[C@@H](C(=O)Nc2cccc3c2[C@H](C)CC3(C)C)C1(C)C. The Morgan fingerprint density at radius 3 is 2.33 bits per heavy atom. The van der Waals surface area contributed by atoms with Gasteiger partial charge in [-0.25, -0.2) is 0 Å². The highest BCUT2D eigenvalue weighted by molar-refractivity contribution is 8.18. The molecule has 2 aliphatic carbocycles. The lowest BCUT2D eigenvalue weighted by atomic mass is 9.86. The van der Waals surface area contributed by atoms with Gasteiger partial charge in [-0.3, -0.25) is 4.79 Å². The number of carbonyl (C=O) groups excluding carboxylic acids is 1. The van der Waals surface area contributed by atoms with Crippen molar-refractivity contribution in [1.82, 2.24) is 0 Å². The average molecular weight is 364 g/mol. The number of hydrogen-bond donors (Lipinski definition) is 1. The average Bonchev–Trinajstić information content (AvgIpc) is 2.90. The van der Waals surface area contributed by atoms with E-state index in [9.17, 15) is 4.79 Å². The van der Waals surface area contributed by atoms with Crippen LogP contribution in [0.2, 0.25) is 0 Å². The van der Waals surface area contributed by atoms with Crippen LogP contribution in [0.3, 0.4) is 0 Å². The van der Waals surface area contributed by atoms with Crippen molar-refractivity contribution < 1.29 is 4.79 Å². The smallest absolute Gasteiger partial charge is 0.230 e. The molecule has 0 saturated heterocycles. The van der Waals surface area contributed by atoms with E-state index in [1.165, 1.54) is 11.1 Å². The monoisotopic (exact) mass is 363 g/mol. The first-order chi connectivity index (χ1) is 11.1. The zero-order valence-electron chi connectivity index (χ0n) is 15.8. The molecule has 4 heteroatoms. The molecule has 1 aromatic carbocycles. The van der Waals surface area contributed by atoms with Crippen LogP contribution in [0.25, 0.3) is 0 Å². The van der Waals surface area contributed by atoms with Gasteiger partial charge >= 0.3 is 0 Å². The third-order valence-electron chi connectivity index (χ3n) is 6.19. The van der Waals surface area contributed by atoms with Crippen LogP contribution < -0.4 is 5.32 Å². The Morgan fingerprint density at radius 1 is 1.17 bits per heavy atom. The van der Waals surface area contributed by atoms with Gasteiger partial charge in [-0.2, -0.15) is 0 Å². The van der Waals surface area contributed by atoms with Gasteiger partial charge in [0, 0.05) is 11.1 Å². The second-order valence-corrected chi connectivity index (χ2v) is 10.8. The maximum atomic E-state index is 13.1. The minimum Gasteiger partial charge on any atom is -0.325 e. The lowest BCUT2D eigenvalue weighted by Gasteiger charge is -2.19. The second-order valence-electron chi connectivity index (χ2n) is 8.48. The van der Waals surface area contributed by atoms with Gasteiger partial charge in [0.1, 0.15) is 0 Å². The fourth-order valence-corrected chi connectivity index (χ4v) is 8.12. The zero-order valence-corrected chi connectivity index (χ0v) is 17.5. The van der Waals surface area contributed by atoms with E-state index in [4.69, 9.17) is 0 Å². The van der Waals surface area contributed by atoms with E-state index >= 15 is 0 Å². The fourth-order valence-electron chi connectivity index (χ4n) is 5.01. The van der Waals surface area contributed by atoms with Crippen LogP contribution in [0.5, 0.6) is 0 Å². The number of rotatable bonds is 4. The first kappa shape index (κ1) is 18.2. The predicted molar refractivity (Wildman–Crippen MR) is 108 cm³/mol. The van der Waals surface area contributed by atoms with Crippen molar-refractivity contribution in [3.63, 3.8) is 0 Å². The molecule has 24 heavy (non-hydrogen) atoms. The standard InChI is InChI=1S/C20H29NOS2/c1-12-11-18(2,3)13-9-8-10-14(15(12)13)21-17(22)16-19(4,5)20(16,23-6)24-7/h8-10,12,16H,11H2,1-7H3,(H,21,22)/t12-,16+/m1/s1. The van der Waals surface area contributed by atoms with Crippen molar-refractivity contribution in [3.8, 4) is 0 Å². The molecule has 0 heterocycles. The van der Waals surface area contributed by atoms with Crippen LogP contribution in [0.1, 0.15) is 58.1 Å². The van der Waals surface area contributed by atoms with Crippen LogP contribution >= 0.6 is 23.5 Å². The topological polar surface area (TPSA) is 29.1 Å². The number of nitrogens with one attached hydrogen (secondary N) is 1. The Morgan fingerprint density at radius 2 is 1.79 bits per heavy atom. The highest BCUT2D eigenvalue weighted by Gasteiger charge is 2.74. The minimum atomic E-state index is -0.0000762. The van der Waals surface area contributed by atoms with Gasteiger partial charge in [0.2, 0.25) is 5.91 Å². The molecule has 2 nitrogen and oxygen atoms in total. The van der Waals surface area contributed by atoms with E-state index in [0.29, 0.717) is 5.92 Å². The van der Waals surface area contributed by atoms with Crippen molar-refractivity contribution in [1.29, 1.82) is 0 Å². The Kier molecular flexibility index (Phi) is 4.32. The van der Waals surface area contributed by atoms with Crippen molar-refractivity contribution >= 4 is 35.1 Å². The summed E-state index contributed by atoms with van der Waals surface area (Å²) in [4.78, 5) is 13.1. The molecule has 1 aromatic rings. The van der Waals surface area contributed by atoms with Crippen molar-refractivity contribution in [2.45, 2.75) is 56.5 Å². The summed E-state index contributed by atoms with van der Waals surface area (Å²) in [6.07, 6.45) is 5.39. The van der Waals surface area contributed by atoms with Crippen LogP contribution in [-0.4, -0.2) is 22.5 Å². The number of carbonyl (C=O) groups is 1. The lowest BCUT2D eigenvalue weighted by Crippen LogP contribution is -2.20. The summed E-state index contributed by atoms with van der Waals surface area (Å²) >= 11 is 3.64. The normalized spacial score (nSPS) is 28.3. The summed E-state index contributed by atoms with van der Waals surface area (Å²) in [5.41, 5.74) is 3.97. The maximum absolute atomic E-state index is 13.1. The molecule has 1 amide bonds. The van der Waals surface area contributed by atoms with Gasteiger partial charge in [-0.1, -0.05) is 46.8 Å². The molecule has 0 spiro atoms. The van der Waals surface area contributed by atoms with E-state index in [2.05, 4.69) is 70.6 Å². The molecule has 1 fully saturated rings. The first-order valence-corrected chi connectivity index (χ1v) is 11.1. The highest BCUT2D eigenvalue weighted by Crippen LogP contribution is 2.73. The van der Waals surface area contributed by atoms with Crippen molar-refractivity contribution in [3.05, 3.63) is 29.3 Å². The van der Waals surface area contributed by atoms with Crippen LogP contribution in [0.15, 0.2) is 18.2 Å². The third kappa shape index (κ3) is 2.36. The van der Waals surface area contributed by atoms with E-state index in [1.54, 1.807) is 0 Å². The predicted octanol–water partition coefficient (Wildman–Crippen LogP) is 5.49. The molecular weight excluding hydrogens is 334 g/mol. The molecule has 0 bridgehead atoms. The zero-order chi connectivity index (χ0) is 17.9. The number of fused-ring (bicyclic) bond motifs is 1. The summed E-state index contributed by atoms with van der Waals surface area (Å²) in [5, 5.41) is 3.29. The quantitative estimate of drug-likeness (QED) is 0.717. The number of amides is 1. The van der Waals surface area contributed by atoms with E-state index in [0.717, 1.165) is 12.1 Å². The molecule has 0 radical (unpaired) electrons. The maximum Gasteiger partial charge on any atom is 0.230 e. The summed E-state index contributed by atoms with van der Waals surface area (Å²) in [6.45, 7) is 11.3. The second kappa shape index (κ2) is 5.70. The Balaban J connectivity index is 1.89. The molecule has 1 saturated carbocycles. The van der Waals surface area contributed by atoms with Gasteiger partial charge in [-0.15, -0.1) is 23.5 Å². The number of thioether (sulfide) groups is 2. The van der Waals surface area contributed by atoms with Crippen molar-refractivity contribution in [2.75, 3.05) is 17.8 Å². The Bertz CT molecular complexity index is 676.